The zero-order valence-corrected chi connectivity index (χ0v) is 13.3. The Hall–Kier alpha value is -1.26. The van der Waals surface area contributed by atoms with Gasteiger partial charge in [-0.15, -0.1) is 0 Å². The Morgan fingerprint density at radius 1 is 1.14 bits per heavy atom. The van der Waals surface area contributed by atoms with E-state index >= 15 is 0 Å². The summed E-state index contributed by atoms with van der Waals surface area (Å²) in [4.78, 5) is 2.47. The molecule has 0 radical (unpaired) electrons. The second kappa shape index (κ2) is 8.25. The molecule has 0 amide bonds. The van der Waals surface area contributed by atoms with Crippen molar-refractivity contribution in [3.05, 3.63) is 24.3 Å². The highest BCUT2D eigenvalue weighted by Gasteiger charge is 2.21. The van der Waals surface area contributed by atoms with Gasteiger partial charge in [0.05, 0.1) is 6.61 Å². The summed E-state index contributed by atoms with van der Waals surface area (Å²) in [5.41, 5.74) is 5.97. The van der Waals surface area contributed by atoms with Gasteiger partial charge in [-0.25, -0.2) is 0 Å². The van der Waals surface area contributed by atoms with E-state index in [4.69, 9.17) is 15.2 Å². The van der Waals surface area contributed by atoms with Gasteiger partial charge in [0, 0.05) is 12.6 Å². The van der Waals surface area contributed by atoms with Gasteiger partial charge in [0.1, 0.15) is 18.1 Å². The molecule has 1 atom stereocenters. The average molecular weight is 292 g/mol. The molecule has 0 aliphatic carbocycles. The van der Waals surface area contributed by atoms with E-state index in [0.29, 0.717) is 18.6 Å². The molecule has 1 aliphatic rings. The van der Waals surface area contributed by atoms with E-state index in [0.717, 1.165) is 37.7 Å². The Morgan fingerprint density at radius 3 is 2.24 bits per heavy atom. The van der Waals surface area contributed by atoms with Gasteiger partial charge < -0.3 is 15.2 Å². The summed E-state index contributed by atoms with van der Waals surface area (Å²) in [5, 5.41) is 0. The van der Waals surface area contributed by atoms with Crippen LogP contribution < -0.4 is 15.2 Å². The topological polar surface area (TPSA) is 47.7 Å². The van der Waals surface area contributed by atoms with Crippen LogP contribution in [0.25, 0.3) is 0 Å². The highest BCUT2D eigenvalue weighted by atomic mass is 16.5. The summed E-state index contributed by atoms with van der Waals surface area (Å²) >= 11 is 0. The lowest BCUT2D eigenvalue weighted by molar-refractivity contribution is 0.147. The number of nitrogens with zero attached hydrogens (tertiary/aromatic N) is 1. The maximum absolute atomic E-state index is 5.97. The molecule has 1 unspecified atom stereocenters. The van der Waals surface area contributed by atoms with Crippen LogP contribution in [0.15, 0.2) is 24.3 Å². The highest BCUT2D eigenvalue weighted by molar-refractivity contribution is 5.31. The van der Waals surface area contributed by atoms with Crippen molar-refractivity contribution in [3.8, 4) is 11.5 Å². The monoisotopic (exact) mass is 292 g/mol. The van der Waals surface area contributed by atoms with Crippen LogP contribution in [0.5, 0.6) is 11.5 Å². The Labute approximate surface area is 128 Å². The van der Waals surface area contributed by atoms with Crippen molar-refractivity contribution in [2.45, 2.75) is 32.7 Å². The first-order valence-corrected chi connectivity index (χ1v) is 8.02. The minimum Gasteiger partial charge on any atom is -0.494 e. The first kappa shape index (κ1) is 16.1. The molecule has 21 heavy (non-hydrogen) atoms. The molecular weight excluding hydrogens is 264 g/mol. The largest absolute Gasteiger partial charge is 0.494 e. The fourth-order valence-corrected chi connectivity index (χ4v) is 2.79. The van der Waals surface area contributed by atoms with E-state index in [2.05, 4.69) is 11.8 Å². The van der Waals surface area contributed by atoms with Crippen LogP contribution in [0.1, 0.15) is 26.7 Å². The lowest BCUT2D eigenvalue weighted by Crippen LogP contribution is -2.41. The summed E-state index contributed by atoms with van der Waals surface area (Å²) in [6.45, 7) is 8.79. The number of benzene rings is 1. The van der Waals surface area contributed by atoms with Gasteiger partial charge in [-0.05, 0) is 70.0 Å². The number of likely N-dealkylation sites (tertiary alicyclic amines) is 1. The minimum absolute atomic E-state index is 0.326. The van der Waals surface area contributed by atoms with Crippen molar-refractivity contribution < 1.29 is 9.47 Å². The van der Waals surface area contributed by atoms with E-state index in [9.17, 15) is 0 Å². The number of nitrogens with two attached hydrogens (primary N) is 1. The summed E-state index contributed by atoms with van der Waals surface area (Å²) in [5.74, 6) is 2.49. The van der Waals surface area contributed by atoms with Crippen LogP contribution in [0.4, 0.5) is 0 Å². The first-order valence-electron chi connectivity index (χ1n) is 8.02. The third-order valence-electron chi connectivity index (χ3n) is 4.19. The van der Waals surface area contributed by atoms with Gasteiger partial charge in [0.25, 0.3) is 0 Å². The predicted molar refractivity (Wildman–Crippen MR) is 85.9 cm³/mol. The number of ether oxygens (including phenoxy) is 2. The van der Waals surface area contributed by atoms with Crippen LogP contribution in [-0.4, -0.2) is 43.8 Å². The molecule has 2 N–H and O–H groups in total. The lowest BCUT2D eigenvalue weighted by atomic mass is 9.91. The van der Waals surface area contributed by atoms with Crippen LogP contribution in [-0.2, 0) is 0 Å². The second-order valence-electron chi connectivity index (χ2n) is 5.79. The maximum atomic E-state index is 5.97. The summed E-state index contributed by atoms with van der Waals surface area (Å²) < 4.78 is 11.2. The third-order valence-corrected chi connectivity index (χ3v) is 4.19. The Balaban J connectivity index is 1.65. The SMILES string of the molecule is CCOc1ccc(OCCN2CCC(C(C)N)CC2)cc1. The molecule has 4 nitrogen and oxygen atoms in total. The molecule has 0 spiro atoms. The van der Waals surface area contributed by atoms with Gasteiger partial charge in [-0.2, -0.15) is 0 Å². The highest BCUT2D eigenvalue weighted by Crippen LogP contribution is 2.20. The van der Waals surface area contributed by atoms with Gasteiger partial charge >= 0.3 is 0 Å². The standard InChI is InChI=1S/C17H28N2O2/c1-3-20-16-4-6-17(7-5-16)21-13-12-19-10-8-15(9-11-19)14(2)18/h4-7,14-15H,3,8-13,18H2,1-2H3. The molecule has 1 aromatic carbocycles. The van der Waals surface area contributed by atoms with Gasteiger partial charge in [0.15, 0.2) is 0 Å². The van der Waals surface area contributed by atoms with E-state index in [-0.39, 0.29) is 0 Å². The molecule has 2 rings (SSSR count). The van der Waals surface area contributed by atoms with E-state index in [1.165, 1.54) is 12.8 Å². The lowest BCUT2D eigenvalue weighted by Gasteiger charge is -2.33. The van der Waals surface area contributed by atoms with Crippen LogP contribution in [0.2, 0.25) is 0 Å². The smallest absolute Gasteiger partial charge is 0.119 e. The normalized spacial score (nSPS) is 18.4. The quantitative estimate of drug-likeness (QED) is 0.839. The fourth-order valence-electron chi connectivity index (χ4n) is 2.79. The van der Waals surface area contributed by atoms with Crippen molar-refractivity contribution >= 4 is 0 Å². The molecule has 0 bridgehead atoms. The minimum atomic E-state index is 0.326. The molecule has 1 saturated heterocycles. The van der Waals surface area contributed by atoms with E-state index < -0.39 is 0 Å². The summed E-state index contributed by atoms with van der Waals surface area (Å²) in [6.07, 6.45) is 2.42. The molecule has 0 saturated carbocycles. The zero-order chi connectivity index (χ0) is 15.1. The first-order chi connectivity index (χ1) is 10.2. The molecule has 118 valence electrons. The molecular formula is C17H28N2O2. The number of hydrogen-bond donors (Lipinski definition) is 1. The van der Waals surface area contributed by atoms with Crippen LogP contribution in [0.3, 0.4) is 0 Å². The Bertz CT molecular complexity index is 398. The van der Waals surface area contributed by atoms with E-state index in [1.807, 2.05) is 31.2 Å². The number of rotatable bonds is 7. The van der Waals surface area contributed by atoms with E-state index in [1.54, 1.807) is 0 Å². The maximum Gasteiger partial charge on any atom is 0.119 e. The summed E-state index contributed by atoms with van der Waals surface area (Å²) in [7, 11) is 0. The second-order valence-corrected chi connectivity index (χ2v) is 5.79. The van der Waals surface area contributed by atoms with Gasteiger partial charge in [-0.3, -0.25) is 4.90 Å². The van der Waals surface area contributed by atoms with Crippen molar-refractivity contribution in [2.75, 3.05) is 32.8 Å². The van der Waals surface area contributed by atoms with Crippen molar-refractivity contribution in [2.24, 2.45) is 11.7 Å². The third kappa shape index (κ3) is 5.21. The molecule has 1 aliphatic heterocycles. The predicted octanol–water partition coefficient (Wildman–Crippen LogP) is 2.52. The molecule has 0 aromatic heterocycles. The van der Waals surface area contributed by atoms with Crippen molar-refractivity contribution in [1.82, 2.24) is 4.90 Å². The number of piperidine rings is 1. The van der Waals surface area contributed by atoms with Crippen molar-refractivity contribution in [3.63, 3.8) is 0 Å². The van der Waals surface area contributed by atoms with Gasteiger partial charge in [0.2, 0.25) is 0 Å². The Morgan fingerprint density at radius 2 is 1.71 bits per heavy atom. The van der Waals surface area contributed by atoms with Gasteiger partial charge in [-0.1, -0.05) is 0 Å². The molecule has 1 heterocycles. The zero-order valence-electron chi connectivity index (χ0n) is 13.3. The summed E-state index contributed by atoms with van der Waals surface area (Å²) in [6, 6.07) is 8.16. The van der Waals surface area contributed by atoms with Crippen molar-refractivity contribution in [1.29, 1.82) is 0 Å². The average Bonchev–Trinajstić information content (AvgIpc) is 2.50. The Kier molecular flexibility index (Phi) is 6.33. The van der Waals surface area contributed by atoms with Crippen LogP contribution in [0, 0.1) is 5.92 Å². The molecule has 1 fully saturated rings. The molecule has 4 heteroatoms. The molecule has 1 aromatic rings. The van der Waals surface area contributed by atoms with Crippen LogP contribution >= 0.6 is 0 Å². The number of hydrogen-bond acceptors (Lipinski definition) is 4. The fraction of sp³-hybridized carbons (Fsp3) is 0.647.